The highest BCUT2D eigenvalue weighted by Crippen LogP contribution is 2.25. The van der Waals surface area contributed by atoms with Gasteiger partial charge in [-0.15, -0.1) is 0 Å². The van der Waals surface area contributed by atoms with Crippen LogP contribution < -0.4 is 5.32 Å². The van der Waals surface area contributed by atoms with Gasteiger partial charge in [-0.05, 0) is 40.9 Å². The number of anilines is 1. The predicted octanol–water partition coefficient (Wildman–Crippen LogP) is 3.43. The Morgan fingerprint density at radius 1 is 1.24 bits per heavy atom. The summed E-state index contributed by atoms with van der Waals surface area (Å²) in [6, 6.07) is 7.44. The van der Waals surface area contributed by atoms with Crippen LogP contribution >= 0.6 is 15.9 Å². The molecule has 0 unspecified atom stereocenters. The van der Waals surface area contributed by atoms with E-state index in [9.17, 15) is 9.59 Å². The van der Waals surface area contributed by atoms with Crippen molar-refractivity contribution in [3.8, 4) is 0 Å². The molecule has 1 aromatic carbocycles. The van der Waals surface area contributed by atoms with Crippen LogP contribution in [0.4, 0.5) is 5.69 Å². The number of para-hydroxylation sites is 1. The normalized spacial score (nSPS) is 15.5. The summed E-state index contributed by atoms with van der Waals surface area (Å²) < 4.78 is 0.833. The first-order valence-electron chi connectivity index (χ1n) is 7.37. The maximum absolute atomic E-state index is 12.3. The van der Waals surface area contributed by atoms with Gasteiger partial charge in [0.25, 0.3) is 0 Å². The zero-order valence-corrected chi connectivity index (χ0v) is 13.9. The average molecular weight is 353 g/mol. The molecule has 5 heteroatoms. The lowest BCUT2D eigenvalue weighted by atomic mass is 9.88. The van der Waals surface area contributed by atoms with Crippen molar-refractivity contribution in [3.63, 3.8) is 0 Å². The van der Waals surface area contributed by atoms with E-state index in [1.807, 2.05) is 24.3 Å². The molecule has 0 saturated heterocycles. The predicted molar refractivity (Wildman–Crippen MR) is 87.0 cm³/mol. The number of likely N-dealkylation sites (N-methyl/N-ethyl adjacent to an activating group) is 1. The fourth-order valence-electron chi connectivity index (χ4n) is 2.71. The van der Waals surface area contributed by atoms with Gasteiger partial charge in [-0.2, -0.15) is 0 Å². The third-order valence-electron chi connectivity index (χ3n) is 3.86. The van der Waals surface area contributed by atoms with E-state index in [1.54, 1.807) is 11.9 Å². The van der Waals surface area contributed by atoms with Gasteiger partial charge in [-0.25, -0.2) is 0 Å². The zero-order valence-electron chi connectivity index (χ0n) is 12.3. The molecule has 0 spiro atoms. The zero-order chi connectivity index (χ0) is 15.2. The van der Waals surface area contributed by atoms with Crippen LogP contribution in [0.3, 0.4) is 0 Å². The minimum absolute atomic E-state index is 0.0939. The van der Waals surface area contributed by atoms with Crippen LogP contribution in [-0.4, -0.2) is 30.3 Å². The van der Waals surface area contributed by atoms with Crippen LogP contribution in [0.2, 0.25) is 0 Å². The van der Waals surface area contributed by atoms with Gasteiger partial charge in [0.05, 0.1) is 12.2 Å². The molecule has 0 aliphatic heterocycles. The van der Waals surface area contributed by atoms with Gasteiger partial charge in [0.2, 0.25) is 11.8 Å². The number of halogens is 1. The molecule has 21 heavy (non-hydrogen) atoms. The van der Waals surface area contributed by atoms with Gasteiger partial charge in [0.1, 0.15) is 0 Å². The van der Waals surface area contributed by atoms with E-state index in [0.717, 1.165) is 35.8 Å². The summed E-state index contributed by atoms with van der Waals surface area (Å²) in [5.74, 6) is 0.0190. The van der Waals surface area contributed by atoms with Crippen molar-refractivity contribution in [2.45, 2.75) is 32.1 Å². The second kappa shape index (κ2) is 7.59. The third kappa shape index (κ3) is 4.56. The number of carbonyl (C=O) groups excluding carboxylic acids is 2. The standard InChI is InChI=1S/C16H21BrN2O2/c1-19(16(21)12-7-3-2-4-8-12)11-15(20)18-14-10-6-5-9-13(14)17/h5-6,9-10,12H,2-4,7-8,11H2,1H3,(H,18,20). The number of amides is 2. The second-order valence-electron chi connectivity index (χ2n) is 5.56. The van der Waals surface area contributed by atoms with E-state index < -0.39 is 0 Å². The second-order valence-corrected chi connectivity index (χ2v) is 6.41. The lowest BCUT2D eigenvalue weighted by molar-refractivity contribution is -0.137. The van der Waals surface area contributed by atoms with Crippen molar-refractivity contribution < 1.29 is 9.59 Å². The van der Waals surface area contributed by atoms with E-state index >= 15 is 0 Å². The number of nitrogens with zero attached hydrogens (tertiary/aromatic N) is 1. The van der Waals surface area contributed by atoms with Crippen LogP contribution in [0.25, 0.3) is 0 Å². The third-order valence-corrected chi connectivity index (χ3v) is 4.55. The van der Waals surface area contributed by atoms with Crippen LogP contribution in [0, 0.1) is 5.92 Å². The number of rotatable bonds is 4. The Bertz CT molecular complexity index is 513. The summed E-state index contributed by atoms with van der Waals surface area (Å²) in [6.45, 7) is 0.0939. The highest BCUT2D eigenvalue weighted by molar-refractivity contribution is 9.10. The SMILES string of the molecule is CN(CC(=O)Nc1ccccc1Br)C(=O)C1CCCCC1. The Labute approximate surface area is 134 Å². The Balaban J connectivity index is 1.87. The minimum atomic E-state index is -0.173. The van der Waals surface area contributed by atoms with Crippen molar-refractivity contribution in [2.24, 2.45) is 5.92 Å². The first-order valence-corrected chi connectivity index (χ1v) is 8.16. The molecule has 0 aromatic heterocycles. The summed E-state index contributed by atoms with van der Waals surface area (Å²) in [5, 5.41) is 2.82. The molecule has 2 rings (SSSR count). The van der Waals surface area contributed by atoms with Crippen molar-refractivity contribution in [1.82, 2.24) is 4.90 Å². The molecule has 1 aromatic rings. The highest BCUT2D eigenvalue weighted by Gasteiger charge is 2.25. The molecule has 0 bridgehead atoms. The summed E-state index contributed by atoms with van der Waals surface area (Å²) in [6.07, 6.45) is 5.36. The molecule has 1 aliphatic rings. The van der Waals surface area contributed by atoms with Gasteiger partial charge in [0, 0.05) is 17.4 Å². The first kappa shape index (κ1) is 16.0. The molecule has 1 N–H and O–H groups in total. The van der Waals surface area contributed by atoms with E-state index in [1.165, 1.54) is 6.42 Å². The van der Waals surface area contributed by atoms with E-state index in [-0.39, 0.29) is 24.3 Å². The van der Waals surface area contributed by atoms with Crippen molar-refractivity contribution >= 4 is 33.4 Å². The van der Waals surface area contributed by atoms with E-state index in [2.05, 4.69) is 21.2 Å². The molecule has 0 heterocycles. The molecular weight excluding hydrogens is 332 g/mol. The van der Waals surface area contributed by atoms with Crippen molar-refractivity contribution in [2.75, 3.05) is 18.9 Å². The largest absolute Gasteiger partial charge is 0.336 e. The smallest absolute Gasteiger partial charge is 0.244 e. The molecule has 114 valence electrons. The molecular formula is C16H21BrN2O2. The van der Waals surface area contributed by atoms with Gasteiger partial charge in [-0.1, -0.05) is 31.4 Å². The van der Waals surface area contributed by atoms with Crippen LogP contribution in [-0.2, 0) is 9.59 Å². The van der Waals surface area contributed by atoms with Gasteiger partial charge in [0.15, 0.2) is 0 Å². The number of benzene rings is 1. The Morgan fingerprint density at radius 2 is 1.90 bits per heavy atom. The van der Waals surface area contributed by atoms with E-state index in [4.69, 9.17) is 0 Å². The summed E-state index contributed by atoms with van der Waals surface area (Å²) in [5.41, 5.74) is 0.723. The Morgan fingerprint density at radius 3 is 2.57 bits per heavy atom. The average Bonchev–Trinajstić information content (AvgIpc) is 2.49. The first-order chi connectivity index (χ1) is 10.1. The molecule has 0 atom stereocenters. The van der Waals surface area contributed by atoms with Crippen LogP contribution in [0.1, 0.15) is 32.1 Å². The molecule has 2 amide bonds. The number of carbonyl (C=O) groups is 2. The summed E-state index contributed by atoms with van der Waals surface area (Å²) in [7, 11) is 1.70. The lowest BCUT2D eigenvalue weighted by Gasteiger charge is -2.26. The summed E-state index contributed by atoms with van der Waals surface area (Å²) >= 11 is 3.39. The fourth-order valence-corrected chi connectivity index (χ4v) is 3.09. The maximum atomic E-state index is 12.3. The number of hydrogen-bond donors (Lipinski definition) is 1. The fraction of sp³-hybridized carbons (Fsp3) is 0.500. The minimum Gasteiger partial charge on any atom is -0.336 e. The van der Waals surface area contributed by atoms with Crippen LogP contribution in [0.5, 0.6) is 0 Å². The van der Waals surface area contributed by atoms with Gasteiger partial charge < -0.3 is 10.2 Å². The van der Waals surface area contributed by atoms with Gasteiger partial charge >= 0.3 is 0 Å². The van der Waals surface area contributed by atoms with Gasteiger partial charge in [-0.3, -0.25) is 9.59 Å². The van der Waals surface area contributed by atoms with E-state index in [0.29, 0.717) is 0 Å². The monoisotopic (exact) mass is 352 g/mol. The quantitative estimate of drug-likeness (QED) is 0.902. The van der Waals surface area contributed by atoms with Crippen molar-refractivity contribution in [3.05, 3.63) is 28.7 Å². The Hall–Kier alpha value is -1.36. The summed E-state index contributed by atoms with van der Waals surface area (Å²) in [4.78, 5) is 25.9. The molecule has 1 aliphatic carbocycles. The molecule has 0 radical (unpaired) electrons. The Kier molecular flexibility index (Phi) is 5.79. The molecule has 4 nitrogen and oxygen atoms in total. The number of nitrogens with one attached hydrogen (secondary N) is 1. The highest BCUT2D eigenvalue weighted by atomic mass is 79.9. The number of hydrogen-bond acceptors (Lipinski definition) is 2. The van der Waals surface area contributed by atoms with Crippen molar-refractivity contribution in [1.29, 1.82) is 0 Å². The molecule has 1 saturated carbocycles. The van der Waals surface area contributed by atoms with Crippen LogP contribution in [0.15, 0.2) is 28.7 Å². The lowest BCUT2D eigenvalue weighted by Crippen LogP contribution is -2.39. The topological polar surface area (TPSA) is 49.4 Å². The molecule has 1 fully saturated rings. The maximum Gasteiger partial charge on any atom is 0.244 e.